The van der Waals surface area contributed by atoms with E-state index in [-0.39, 0.29) is 0 Å². The highest BCUT2D eigenvalue weighted by atomic mass is 32.2. The van der Waals surface area contributed by atoms with Crippen molar-refractivity contribution in [1.82, 2.24) is 4.98 Å². The number of aryl methyl sites for hydroxylation is 5. The van der Waals surface area contributed by atoms with Crippen LogP contribution in [0.5, 0.6) is 0 Å². The van der Waals surface area contributed by atoms with Crippen LogP contribution < -0.4 is 4.72 Å². The van der Waals surface area contributed by atoms with Crippen molar-refractivity contribution in [2.24, 2.45) is 0 Å². The largest absolute Gasteiger partial charge is 0.263 e. The number of hydrogen-bond donors (Lipinski definition) is 1. The smallest absolute Gasteiger partial charge is 0.263 e. The zero-order valence-corrected chi connectivity index (χ0v) is 13.8. The number of aromatic nitrogens is 1. The molecule has 4 nitrogen and oxygen atoms in total. The lowest BCUT2D eigenvalue weighted by Gasteiger charge is -2.14. The van der Waals surface area contributed by atoms with Crippen molar-refractivity contribution < 1.29 is 8.42 Å². The summed E-state index contributed by atoms with van der Waals surface area (Å²) in [6, 6.07) is 7.37. The molecule has 0 aliphatic heterocycles. The van der Waals surface area contributed by atoms with Crippen LogP contribution in [0.15, 0.2) is 29.2 Å². The molecule has 1 aromatic heterocycles. The summed E-state index contributed by atoms with van der Waals surface area (Å²) >= 11 is 0. The predicted molar refractivity (Wildman–Crippen MR) is 85.2 cm³/mol. The molecule has 2 aromatic rings. The lowest BCUT2D eigenvalue weighted by atomic mass is 10.1. The van der Waals surface area contributed by atoms with Gasteiger partial charge in [-0.1, -0.05) is 17.7 Å². The number of hydrogen-bond acceptors (Lipinski definition) is 3. The summed E-state index contributed by atoms with van der Waals surface area (Å²) < 4.78 is 27.8. The number of anilines is 1. The zero-order valence-electron chi connectivity index (χ0n) is 13.0. The van der Waals surface area contributed by atoms with Crippen LogP contribution in [0.25, 0.3) is 0 Å². The minimum Gasteiger partial charge on any atom is -0.263 e. The summed E-state index contributed by atoms with van der Waals surface area (Å²) in [7, 11) is -3.64. The second-order valence-electron chi connectivity index (χ2n) is 5.50. The summed E-state index contributed by atoms with van der Waals surface area (Å²) in [5.41, 5.74) is 4.28. The van der Waals surface area contributed by atoms with E-state index in [2.05, 4.69) is 9.71 Å². The van der Waals surface area contributed by atoms with Crippen molar-refractivity contribution >= 4 is 15.8 Å². The van der Waals surface area contributed by atoms with Gasteiger partial charge in [0.2, 0.25) is 0 Å². The maximum atomic E-state index is 12.6. The van der Waals surface area contributed by atoms with Gasteiger partial charge in [-0.15, -0.1) is 0 Å². The molecule has 0 aliphatic carbocycles. The molecule has 0 spiro atoms. The quantitative estimate of drug-likeness (QED) is 0.945. The van der Waals surface area contributed by atoms with E-state index in [1.807, 2.05) is 52.8 Å². The SMILES string of the molecule is Cc1cc(C)nc(NS(=O)(=O)c2c(C)cc(C)cc2C)c1. The summed E-state index contributed by atoms with van der Waals surface area (Å²) in [6.07, 6.45) is 0. The van der Waals surface area contributed by atoms with Crippen molar-refractivity contribution in [1.29, 1.82) is 0 Å². The lowest BCUT2D eigenvalue weighted by Crippen LogP contribution is -2.17. The van der Waals surface area contributed by atoms with Crippen molar-refractivity contribution in [3.63, 3.8) is 0 Å². The predicted octanol–water partition coefficient (Wildman–Crippen LogP) is 3.42. The van der Waals surface area contributed by atoms with Gasteiger partial charge in [0, 0.05) is 5.69 Å². The average Bonchev–Trinajstić information content (AvgIpc) is 2.23. The van der Waals surface area contributed by atoms with Crippen molar-refractivity contribution in [3.8, 4) is 0 Å². The molecule has 0 fully saturated rings. The highest BCUT2D eigenvalue weighted by Crippen LogP contribution is 2.24. The van der Waals surface area contributed by atoms with E-state index in [1.165, 1.54) is 0 Å². The van der Waals surface area contributed by atoms with Crippen LogP contribution in [0.2, 0.25) is 0 Å². The number of rotatable bonds is 3. The first kappa shape index (κ1) is 15.5. The first-order valence-electron chi connectivity index (χ1n) is 6.75. The molecule has 21 heavy (non-hydrogen) atoms. The topological polar surface area (TPSA) is 59.1 Å². The maximum absolute atomic E-state index is 12.6. The minimum absolute atomic E-state index is 0.328. The summed E-state index contributed by atoms with van der Waals surface area (Å²) in [5.74, 6) is 0.354. The van der Waals surface area contributed by atoms with Crippen LogP contribution in [-0.2, 0) is 10.0 Å². The van der Waals surface area contributed by atoms with E-state index >= 15 is 0 Å². The Morgan fingerprint density at radius 1 is 0.857 bits per heavy atom. The number of pyridine rings is 1. The number of sulfonamides is 1. The van der Waals surface area contributed by atoms with Crippen LogP contribution in [0.4, 0.5) is 5.82 Å². The summed E-state index contributed by atoms with van der Waals surface area (Å²) in [4.78, 5) is 4.56. The average molecular weight is 304 g/mol. The van der Waals surface area contributed by atoms with Crippen molar-refractivity contribution in [2.45, 2.75) is 39.5 Å². The van der Waals surface area contributed by atoms with Crippen molar-refractivity contribution in [3.05, 3.63) is 52.2 Å². The third-order valence-corrected chi connectivity index (χ3v) is 4.87. The Labute approximate surface area is 126 Å². The van der Waals surface area contributed by atoms with Gasteiger partial charge in [0.15, 0.2) is 0 Å². The molecule has 0 saturated heterocycles. The molecule has 0 saturated carbocycles. The highest BCUT2D eigenvalue weighted by molar-refractivity contribution is 7.92. The van der Waals surface area contributed by atoms with Gasteiger partial charge >= 0.3 is 0 Å². The fraction of sp³-hybridized carbons (Fsp3) is 0.312. The zero-order chi connectivity index (χ0) is 15.8. The van der Waals surface area contributed by atoms with Gasteiger partial charge in [0.25, 0.3) is 10.0 Å². The fourth-order valence-corrected chi connectivity index (χ4v) is 4.12. The molecular formula is C16H20N2O2S. The molecule has 2 rings (SSSR count). The van der Waals surface area contributed by atoms with Gasteiger partial charge in [0.1, 0.15) is 5.82 Å². The lowest BCUT2D eigenvalue weighted by molar-refractivity contribution is 0.600. The Balaban J connectivity index is 2.48. The van der Waals surface area contributed by atoms with Gasteiger partial charge in [-0.2, -0.15) is 0 Å². The number of nitrogens with one attached hydrogen (secondary N) is 1. The van der Waals surface area contributed by atoms with Gasteiger partial charge in [-0.25, -0.2) is 13.4 Å². The van der Waals surface area contributed by atoms with Crippen LogP contribution in [-0.4, -0.2) is 13.4 Å². The van der Waals surface area contributed by atoms with E-state index in [0.29, 0.717) is 10.7 Å². The summed E-state index contributed by atoms with van der Waals surface area (Å²) in [6.45, 7) is 9.32. The standard InChI is InChI=1S/C16H20N2O2S/c1-10-6-12(3)16(13(4)7-10)21(19,20)18-15-9-11(2)8-14(5)17-15/h6-9H,1-5H3,(H,17,18). The Kier molecular flexibility index (Phi) is 4.05. The maximum Gasteiger partial charge on any atom is 0.263 e. The van der Waals surface area contributed by atoms with E-state index in [0.717, 1.165) is 27.9 Å². The Bertz CT molecular complexity index is 753. The first-order valence-corrected chi connectivity index (χ1v) is 8.23. The third-order valence-electron chi connectivity index (χ3n) is 3.21. The molecule has 1 N–H and O–H groups in total. The van der Waals surface area contributed by atoms with Gasteiger partial charge in [-0.3, -0.25) is 4.72 Å². The Hall–Kier alpha value is -1.88. The molecule has 5 heteroatoms. The molecule has 0 atom stereocenters. The normalized spacial score (nSPS) is 11.5. The molecule has 112 valence electrons. The molecular weight excluding hydrogens is 284 g/mol. The number of benzene rings is 1. The monoisotopic (exact) mass is 304 g/mol. The van der Waals surface area contributed by atoms with Gasteiger partial charge in [0.05, 0.1) is 4.90 Å². The second kappa shape index (κ2) is 5.48. The van der Waals surface area contributed by atoms with Crippen LogP contribution in [0.1, 0.15) is 27.9 Å². The van der Waals surface area contributed by atoms with E-state index in [1.54, 1.807) is 6.07 Å². The minimum atomic E-state index is -3.64. The first-order chi connectivity index (χ1) is 9.69. The van der Waals surface area contributed by atoms with Gasteiger partial charge in [-0.05, 0) is 63.4 Å². The van der Waals surface area contributed by atoms with Gasteiger partial charge < -0.3 is 0 Å². The Morgan fingerprint density at radius 2 is 1.38 bits per heavy atom. The van der Waals surface area contributed by atoms with E-state index in [9.17, 15) is 8.42 Å². The molecule has 0 radical (unpaired) electrons. The van der Waals surface area contributed by atoms with E-state index < -0.39 is 10.0 Å². The van der Waals surface area contributed by atoms with E-state index in [4.69, 9.17) is 0 Å². The van der Waals surface area contributed by atoms with Crippen molar-refractivity contribution in [2.75, 3.05) is 4.72 Å². The molecule has 0 aliphatic rings. The fourth-order valence-electron chi connectivity index (χ4n) is 2.67. The third kappa shape index (κ3) is 3.42. The van der Waals surface area contributed by atoms with Crippen LogP contribution >= 0.6 is 0 Å². The molecule has 0 unspecified atom stereocenters. The number of nitrogens with zero attached hydrogens (tertiary/aromatic N) is 1. The van der Waals surface area contributed by atoms with Crippen LogP contribution in [0, 0.1) is 34.6 Å². The molecule has 1 aromatic carbocycles. The summed E-state index contributed by atoms with van der Waals surface area (Å²) in [5, 5.41) is 0. The Morgan fingerprint density at radius 3 is 1.90 bits per heavy atom. The highest BCUT2D eigenvalue weighted by Gasteiger charge is 2.20. The molecule has 0 bridgehead atoms. The molecule has 1 heterocycles. The van der Waals surface area contributed by atoms with Crippen LogP contribution in [0.3, 0.4) is 0 Å². The molecule has 0 amide bonds. The second-order valence-corrected chi connectivity index (χ2v) is 7.12.